The minimum atomic E-state index is -1.50. The molecule has 0 bridgehead atoms. The monoisotopic (exact) mass is 1390 g/mol. The van der Waals surface area contributed by atoms with Crippen LogP contribution in [0.25, 0.3) is 10.8 Å². The smallest absolute Gasteiger partial charge is 0.326 e. The van der Waals surface area contributed by atoms with Crippen molar-refractivity contribution in [3.63, 3.8) is 0 Å². The summed E-state index contributed by atoms with van der Waals surface area (Å²) >= 11 is 0. The summed E-state index contributed by atoms with van der Waals surface area (Å²) in [5.41, 5.74) is 6.04. The van der Waals surface area contributed by atoms with Crippen LogP contribution in [0.5, 0.6) is 5.75 Å². The van der Waals surface area contributed by atoms with Crippen molar-refractivity contribution in [2.45, 2.75) is 166 Å². The first-order chi connectivity index (χ1) is 47.7. The van der Waals surface area contributed by atoms with Gasteiger partial charge in [-0.2, -0.15) is 0 Å². The molecular weight excluding hydrogens is 1290 g/mol. The Bertz CT molecular complexity index is 3770. The molecule has 0 radical (unpaired) electrons. The average molecular weight is 1390 g/mol. The largest absolute Gasteiger partial charge is 0.490 e. The molecule has 2 heterocycles. The highest BCUT2D eigenvalue weighted by Crippen LogP contribution is 2.34. The third-order valence-electron chi connectivity index (χ3n) is 18.4. The third-order valence-corrected chi connectivity index (χ3v) is 18.4. The van der Waals surface area contributed by atoms with Crippen LogP contribution in [0.3, 0.4) is 0 Å². The minimum Gasteiger partial charge on any atom is -0.490 e. The molecule has 2 aliphatic heterocycles. The third kappa shape index (κ3) is 21.7. The Labute approximate surface area is 589 Å². The highest BCUT2D eigenvalue weighted by molar-refractivity contribution is 5.98. The lowest BCUT2D eigenvalue weighted by molar-refractivity contribution is -0.145. The average Bonchev–Trinajstić information content (AvgIpc) is 1.65. The molecule has 5 aromatic rings. The van der Waals surface area contributed by atoms with E-state index in [0.717, 1.165) is 10.8 Å². The van der Waals surface area contributed by atoms with Crippen molar-refractivity contribution in [2.24, 2.45) is 16.6 Å². The molecule has 0 saturated carbocycles. The Hall–Kier alpha value is -9.60. The van der Waals surface area contributed by atoms with Gasteiger partial charge in [0.1, 0.15) is 54.6 Å². The molecule has 13 N–H and O–H groups in total. The maximum atomic E-state index is 15.1. The predicted octanol–water partition coefficient (Wildman–Crippen LogP) is 3.47. The van der Waals surface area contributed by atoms with E-state index in [4.69, 9.17) is 15.2 Å². The quantitative estimate of drug-likeness (QED) is 0.0274. The summed E-state index contributed by atoms with van der Waals surface area (Å²) in [5, 5.41) is 55.2. The van der Waals surface area contributed by atoms with Crippen molar-refractivity contribution in [3.8, 4) is 5.75 Å². The molecule has 5 aromatic carbocycles. The SMILES string of the molecule is CNC(C)C(=O)NC(C(=O)N1CC(C)(OCC=CCOc2ccc(CC(NC(=O)C(Cc3ccc4ccccc4c3)NC(=O)C3CC(NC(=O)c4ccc(CC(NC(=O)C(N)c5ccccc5)C(=O)O)cc4)CN3C(=O)C(NC(=O)C(C)NC)C(C)(C)C)C(=O)O)cc2)CC1CO)C(C)(C)C. The summed E-state index contributed by atoms with van der Waals surface area (Å²) in [7, 11) is 3.25. The number of hydrogen-bond donors (Lipinski definition) is 12. The Morgan fingerprint density at radius 2 is 1.11 bits per heavy atom. The summed E-state index contributed by atoms with van der Waals surface area (Å²) in [6, 6.07) is 22.7. The van der Waals surface area contributed by atoms with E-state index in [1.807, 2.05) is 64.1 Å². The summed E-state index contributed by atoms with van der Waals surface area (Å²) < 4.78 is 12.2. The van der Waals surface area contributed by atoms with Crippen LogP contribution in [0, 0.1) is 10.8 Å². The fourth-order valence-electron chi connectivity index (χ4n) is 12.2. The van der Waals surface area contributed by atoms with Crippen molar-refractivity contribution in [2.75, 3.05) is 47.0 Å². The molecule has 0 aliphatic carbocycles. The van der Waals surface area contributed by atoms with Gasteiger partial charge in [0.15, 0.2) is 0 Å². The normalized spacial score (nSPS) is 19.4. The van der Waals surface area contributed by atoms with E-state index in [1.165, 1.54) is 29.2 Å². The van der Waals surface area contributed by atoms with E-state index in [1.54, 1.807) is 126 Å². The zero-order valence-corrected chi connectivity index (χ0v) is 59.3. The van der Waals surface area contributed by atoms with E-state index < -0.39 is 130 Å². The zero-order chi connectivity index (χ0) is 74.1. The van der Waals surface area contributed by atoms with E-state index in [2.05, 4.69) is 42.5 Å². The number of carbonyl (C=O) groups is 10. The first-order valence-corrected chi connectivity index (χ1v) is 34.0. The number of aliphatic carboxylic acids is 2. The highest BCUT2D eigenvalue weighted by Gasteiger charge is 2.49. The summed E-state index contributed by atoms with van der Waals surface area (Å²) in [6.07, 6.45) is 3.29. The van der Waals surface area contributed by atoms with Gasteiger partial charge in [0.2, 0.25) is 41.4 Å². The summed E-state index contributed by atoms with van der Waals surface area (Å²) in [5.74, 6) is -6.92. The fourth-order valence-corrected chi connectivity index (χ4v) is 12.2. The molecule has 101 heavy (non-hydrogen) atoms. The van der Waals surface area contributed by atoms with Gasteiger partial charge in [-0.15, -0.1) is 0 Å². The molecule has 2 fully saturated rings. The molecule has 2 saturated heterocycles. The number of ether oxygens (including phenoxy) is 2. The van der Waals surface area contributed by atoms with Gasteiger partial charge in [-0.25, -0.2) is 9.59 Å². The van der Waals surface area contributed by atoms with Crippen molar-refractivity contribution in [1.82, 2.24) is 52.3 Å². The number of nitrogens with two attached hydrogens (primary N) is 1. The van der Waals surface area contributed by atoms with Gasteiger partial charge in [-0.05, 0) is 115 Å². The molecule has 544 valence electrons. The van der Waals surface area contributed by atoms with Gasteiger partial charge in [-0.1, -0.05) is 145 Å². The van der Waals surface area contributed by atoms with E-state index in [-0.39, 0.29) is 76.0 Å². The second-order valence-corrected chi connectivity index (χ2v) is 28.5. The van der Waals surface area contributed by atoms with E-state index >= 15 is 9.59 Å². The van der Waals surface area contributed by atoms with E-state index in [9.17, 15) is 53.7 Å². The summed E-state index contributed by atoms with van der Waals surface area (Å²) in [4.78, 5) is 141. The van der Waals surface area contributed by atoms with Crippen LogP contribution >= 0.6 is 0 Å². The molecule has 7 rings (SSSR count). The lowest BCUT2D eigenvalue weighted by Gasteiger charge is -2.36. The number of amides is 8. The molecule has 12 unspecified atom stereocenters. The lowest BCUT2D eigenvalue weighted by atomic mass is 9.85. The number of carboxylic acids is 2. The molecule has 0 spiro atoms. The topological polar surface area (TPSA) is 379 Å². The maximum absolute atomic E-state index is 15.1. The predicted molar refractivity (Wildman–Crippen MR) is 380 cm³/mol. The maximum Gasteiger partial charge on any atom is 0.326 e. The zero-order valence-electron chi connectivity index (χ0n) is 59.3. The van der Waals surface area contributed by atoms with Crippen LogP contribution in [-0.2, 0) is 67.2 Å². The Morgan fingerprint density at radius 1 is 0.604 bits per heavy atom. The number of aliphatic hydroxyl groups excluding tert-OH is 1. The molecule has 8 amide bonds. The number of aliphatic hydroxyl groups is 1. The second kappa shape index (κ2) is 35.1. The molecule has 12 atom stereocenters. The van der Waals surface area contributed by atoms with Crippen molar-refractivity contribution in [1.29, 1.82) is 0 Å². The van der Waals surface area contributed by atoms with Gasteiger partial charge in [-0.3, -0.25) is 38.4 Å². The van der Waals surface area contributed by atoms with Crippen molar-refractivity contribution >= 4 is 70.0 Å². The number of nitrogens with one attached hydrogen (secondary N) is 8. The number of rotatable bonds is 32. The van der Waals surface area contributed by atoms with Gasteiger partial charge in [0, 0.05) is 50.4 Å². The second-order valence-electron chi connectivity index (χ2n) is 28.5. The van der Waals surface area contributed by atoms with Crippen LogP contribution < -0.4 is 53.0 Å². The number of fused-ring (bicyclic) bond motifs is 1. The van der Waals surface area contributed by atoms with Crippen LogP contribution in [0.4, 0.5) is 0 Å². The number of carboxylic acid groups (broad SMARTS) is 2. The Morgan fingerprint density at radius 3 is 1.65 bits per heavy atom. The number of likely N-dealkylation sites (tertiary alicyclic amines) is 2. The van der Waals surface area contributed by atoms with E-state index in [0.29, 0.717) is 34.4 Å². The fraction of sp³-hybridized carbons (Fsp3) is 0.467. The van der Waals surface area contributed by atoms with Crippen LogP contribution in [0.15, 0.2) is 133 Å². The molecule has 2 aliphatic rings. The van der Waals surface area contributed by atoms with Crippen molar-refractivity contribution in [3.05, 3.63) is 161 Å². The number of likely N-dealkylation sites (N-methyl/N-ethyl adjacent to an activating group) is 2. The Kier molecular flexibility index (Phi) is 27.4. The standard InChI is InChI=1S/C75H99N11O15/c1-44(77-10)63(88)83-61(73(3,4)5)69(94)85-41-53(79-65(90)51-29-23-46(24-30-51)36-58(72(98)99)82-68(93)60(76)50-20-13-12-14-21-50)39-59(85)67(92)80-56(38-48-25-28-49-19-15-16-22-52(49)35-48)66(91)81-57(71(96)97)37-47-26-31-55(32-27-47)100-33-17-18-34-101-75(9)40-54(42-87)86(43-75)70(95)62(74(6,7)8)84-64(89)45(2)78-11/h12-32,35,44-45,53-54,56-62,77-78,87H,33-34,36-43,76H2,1-11H3,(H,79,90)(H,80,92)(H,81,91)(H,82,93)(H,83,88)(H,84,89)(H,96,97)(H,98,99). The number of nitrogens with zero attached hydrogens (tertiary/aromatic N) is 2. The van der Waals surface area contributed by atoms with Crippen LogP contribution in [0.1, 0.15) is 114 Å². The van der Waals surface area contributed by atoms with Crippen LogP contribution in [0.2, 0.25) is 0 Å². The van der Waals surface area contributed by atoms with Gasteiger partial charge in [0.05, 0.1) is 36.9 Å². The minimum absolute atomic E-state index is 0.123. The molecule has 26 nitrogen and oxygen atoms in total. The highest BCUT2D eigenvalue weighted by atomic mass is 16.5. The van der Waals surface area contributed by atoms with Gasteiger partial charge >= 0.3 is 11.9 Å². The summed E-state index contributed by atoms with van der Waals surface area (Å²) in [6.45, 7) is 16.0. The lowest BCUT2D eigenvalue weighted by Crippen LogP contribution is -2.61. The number of hydrogen-bond acceptors (Lipinski definition) is 16. The van der Waals surface area contributed by atoms with Crippen LogP contribution in [-0.4, -0.2) is 197 Å². The number of benzene rings is 5. The van der Waals surface area contributed by atoms with Gasteiger partial charge < -0.3 is 82.9 Å². The Balaban J connectivity index is 1.03. The van der Waals surface area contributed by atoms with Gasteiger partial charge in [0.25, 0.3) is 5.91 Å². The number of carbonyl (C=O) groups excluding carboxylic acids is 8. The van der Waals surface area contributed by atoms with Crippen molar-refractivity contribution < 1.29 is 72.7 Å². The first-order valence-electron chi connectivity index (χ1n) is 34.0. The molecular formula is C75H99N11O15. The molecule has 26 heteroatoms. The molecule has 0 aromatic heterocycles. The first kappa shape index (κ1) is 78.7.